The number of nitrogens with one attached hydrogen (secondary N) is 2. The van der Waals surface area contributed by atoms with Gasteiger partial charge in [0.05, 0.1) is 18.2 Å². The lowest BCUT2D eigenvalue weighted by atomic mass is 10.1. The van der Waals surface area contributed by atoms with Crippen LogP contribution in [-0.4, -0.2) is 24.5 Å². The maximum Gasteiger partial charge on any atom is 0.250 e. The number of para-hydroxylation sites is 2. The second kappa shape index (κ2) is 8.73. The van der Waals surface area contributed by atoms with E-state index in [1.54, 1.807) is 24.3 Å². The van der Waals surface area contributed by atoms with Gasteiger partial charge in [-0.15, -0.1) is 0 Å². The second-order valence-corrected chi connectivity index (χ2v) is 5.81. The summed E-state index contributed by atoms with van der Waals surface area (Å²) >= 11 is 0. The van der Waals surface area contributed by atoms with E-state index in [0.717, 1.165) is 11.3 Å². The molecule has 0 atom stereocenters. The molecule has 0 spiro atoms. The van der Waals surface area contributed by atoms with Crippen molar-refractivity contribution in [3.05, 3.63) is 59.7 Å². The molecule has 2 amide bonds. The molecule has 2 rings (SSSR count). The Hall–Kier alpha value is -3.02. The van der Waals surface area contributed by atoms with E-state index in [1.807, 2.05) is 38.1 Å². The van der Waals surface area contributed by atoms with E-state index in [-0.39, 0.29) is 18.6 Å². The average molecular weight is 341 g/mol. The van der Waals surface area contributed by atoms with Gasteiger partial charge in [0.25, 0.3) is 5.91 Å². The molecule has 6 heteroatoms. The van der Waals surface area contributed by atoms with Crippen LogP contribution in [0, 0.1) is 0 Å². The second-order valence-electron chi connectivity index (χ2n) is 5.81. The first kappa shape index (κ1) is 18.3. The van der Waals surface area contributed by atoms with Gasteiger partial charge in [-0.2, -0.15) is 0 Å². The number of amides is 2. The molecule has 2 aromatic rings. The maximum atomic E-state index is 12.1. The summed E-state index contributed by atoms with van der Waals surface area (Å²) in [5.41, 5.74) is 7.11. The summed E-state index contributed by atoms with van der Waals surface area (Å²) in [6, 6.07) is 14.4. The molecular formula is C19H23N3O3. The smallest absolute Gasteiger partial charge is 0.250 e. The van der Waals surface area contributed by atoms with Crippen LogP contribution in [0.15, 0.2) is 48.5 Å². The molecule has 132 valence electrons. The fraction of sp³-hybridized carbons (Fsp3) is 0.263. The minimum atomic E-state index is -0.539. The SMILES string of the molecule is CC(C)Oc1ccccc1CNC(=O)CNc1ccccc1C(N)=O. The van der Waals surface area contributed by atoms with E-state index in [9.17, 15) is 9.59 Å². The molecule has 6 nitrogen and oxygen atoms in total. The van der Waals surface area contributed by atoms with Crippen LogP contribution in [0.3, 0.4) is 0 Å². The number of carbonyl (C=O) groups is 2. The van der Waals surface area contributed by atoms with Gasteiger partial charge < -0.3 is 21.1 Å². The Labute approximate surface area is 147 Å². The van der Waals surface area contributed by atoms with E-state index in [0.29, 0.717) is 17.8 Å². The van der Waals surface area contributed by atoms with Crippen molar-refractivity contribution in [2.45, 2.75) is 26.5 Å². The molecule has 0 aromatic heterocycles. The minimum Gasteiger partial charge on any atom is -0.491 e. The van der Waals surface area contributed by atoms with Gasteiger partial charge in [-0.1, -0.05) is 30.3 Å². The van der Waals surface area contributed by atoms with Gasteiger partial charge in [-0.05, 0) is 32.0 Å². The van der Waals surface area contributed by atoms with Crippen molar-refractivity contribution in [3.63, 3.8) is 0 Å². The van der Waals surface area contributed by atoms with Crippen LogP contribution in [0.4, 0.5) is 5.69 Å². The number of rotatable bonds is 8. The van der Waals surface area contributed by atoms with Crippen LogP contribution in [0.5, 0.6) is 5.75 Å². The number of ether oxygens (including phenoxy) is 1. The van der Waals surface area contributed by atoms with Crippen LogP contribution in [0.2, 0.25) is 0 Å². The average Bonchev–Trinajstić information content (AvgIpc) is 2.59. The molecule has 0 bridgehead atoms. The lowest BCUT2D eigenvalue weighted by Gasteiger charge is -2.15. The largest absolute Gasteiger partial charge is 0.491 e. The number of primary amides is 1. The van der Waals surface area contributed by atoms with Gasteiger partial charge >= 0.3 is 0 Å². The Morgan fingerprint density at radius 1 is 1.08 bits per heavy atom. The fourth-order valence-corrected chi connectivity index (χ4v) is 2.30. The number of carbonyl (C=O) groups excluding carboxylic acids is 2. The van der Waals surface area contributed by atoms with Gasteiger partial charge in [0.2, 0.25) is 5.91 Å². The highest BCUT2D eigenvalue weighted by Gasteiger charge is 2.10. The molecular weight excluding hydrogens is 318 g/mol. The van der Waals surface area contributed by atoms with Crippen LogP contribution in [-0.2, 0) is 11.3 Å². The highest BCUT2D eigenvalue weighted by atomic mass is 16.5. The predicted octanol–water partition coefficient (Wildman–Crippen LogP) is 2.30. The number of benzene rings is 2. The molecule has 0 aliphatic carbocycles. The summed E-state index contributed by atoms with van der Waals surface area (Å²) < 4.78 is 5.73. The van der Waals surface area contributed by atoms with Crippen LogP contribution < -0.4 is 21.1 Å². The molecule has 0 aliphatic rings. The maximum absolute atomic E-state index is 12.1. The Bertz CT molecular complexity index is 744. The first-order valence-corrected chi connectivity index (χ1v) is 8.11. The summed E-state index contributed by atoms with van der Waals surface area (Å²) in [7, 11) is 0. The predicted molar refractivity (Wildman–Crippen MR) is 97.5 cm³/mol. The molecule has 4 N–H and O–H groups in total. The van der Waals surface area contributed by atoms with Crippen molar-refractivity contribution in [1.29, 1.82) is 0 Å². The van der Waals surface area contributed by atoms with E-state index in [2.05, 4.69) is 10.6 Å². The Kier molecular flexibility index (Phi) is 6.39. The van der Waals surface area contributed by atoms with Crippen molar-refractivity contribution < 1.29 is 14.3 Å². The first-order chi connectivity index (χ1) is 12.0. The highest BCUT2D eigenvalue weighted by molar-refractivity contribution is 5.99. The molecule has 0 saturated carbocycles. The lowest BCUT2D eigenvalue weighted by Crippen LogP contribution is -2.30. The number of hydrogen-bond donors (Lipinski definition) is 3. The first-order valence-electron chi connectivity index (χ1n) is 8.11. The normalized spacial score (nSPS) is 10.4. The van der Waals surface area contributed by atoms with Crippen molar-refractivity contribution >= 4 is 17.5 Å². The van der Waals surface area contributed by atoms with E-state index >= 15 is 0 Å². The fourth-order valence-electron chi connectivity index (χ4n) is 2.30. The Balaban J connectivity index is 1.91. The number of hydrogen-bond acceptors (Lipinski definition) is 4. The Morgan fingerprint density at radius 2 is 1.76 bits per heavy atom. The molecule has 0 radical (unpaired) electrons. The van der Waals surface area contributed by atoms with E-state index < -0.39 is 5.91 Å². The standard InChI is InChI=1S/C19H23N3O3/c1-13(2)25-17-10-6-3-7-14(17)11-22-18(23)12-21-16-9-5-4-8-15(16)19(20)24/h3-10,13,21H,11-12H2,1-2H3,(H2,20,24)(H,22,23). The molecule has 25 heavy (non-hydrogen) atoms. The van der Waals surface area contributed by atoms with Gasteiger partial charge in [-0.25, -0.2) is 0 Å². The van der Waals surface area contributed by atoms with Crippen LogP contribution in [0.1, 0.15) is 29.8 Å². The summed E-state index contributed by atoms with van der Waals surface area (Å²) in [6.45, 7) is 4.31. The highest BCUT2D eigenvalue weighted by Crippen LogP contribution is 2.19. The van der Waals surface area contributed by atoms with E-state index in [4.69, 9.17) is 10.5 Å². The molecule has 0 saturated heterocycles. The zero-order chi connectivity index (χ0) is 18.2. The quantitative estimate of drug-likeness (QED) is 0.687. The topological polar surface area (TPSA) is 93.4 Å². The Morgan fingerprint density at radius 3 is 2.48 bits per heavy atom. The third-order valence-electron chi connectivity index (χ3n) is 3.44. The minimum absolute atomic E-state index is 0.0392. The van der Waals surface area contributed by atoms with Gasteiger partial charge in [0, 0.05) is 17.8 Å². The van der Waals surface area contributed by atoms with Gasteiger partial charge in [0.15, 0.2) is 0 Å². The molecule has 0 unspecified atom stereocenters. The van der Waals surface area contributed by atoms with Crippen molar-refractivity contribution in [2.24, 2.45) is 5.73 Å². The summed E-state index contributed by atoms with van der Waals surface area (Å²) in [5, 5.41) is 5.77. The number of anilines is 1. The zero-order valence-corrected chi connectivity index (χ0v) is 14.4. The van der Waals surface area contributed by atoms with Crippen molar-refractivity contribution in [2.75, 3.05) is 11.9 Å². The zero-order valence-electron chi connectivity index (χ0n) is 14.4. The molecule has 0 fully saturated rings. The van der Waals surface area contributed by atoms with Crippen molar-refractivity contribution in [1.82, 2.24) is 5.32 Å². The van der Waals surface area contributed by atoms with Crippen molar-refractivity contribution in [3.8, 4) is 5.75 Å². The molecule has 0 heterocycles. The summed E-state index contributed by atoms with van der Waals surface area (Å²) in [4.78, 5) is 23.4. The number of nitrogens with two attached hydrogens (primary N) is 1. The third kappa shape index (κ3) is 5.53. The van der Waals surface area contributed by atoms with Crippen LogP contribution in [0.25, 0.3) is 0 Å². The van der Waals surface area contributed by atoms with E-state index in [1.165, 1.54) is 0 Å². The lowest BCUT2D eigenvalue weighted by molar-refractivity contribution is -0.119. The summed E-state index contributed by atoms with van der Waals surface area (Å²) in [6.07, 6.45) is 0.0591. The van der Waals surface area contributed by atoms with Gasteiger partial charge in [0.1, 0.15) is 5.75 Å². The van der Waals surface area contributed by atoms with Gasteiger partial charge in [-0.3, -0.25) is 9.59 Å². The summed E-state index contributed by atoms with van der Waals surface area (Å²) in [5.74, 6) is 0.0201. The van der Waals surface area contributed by atoms with Crippen LogP contribution >= 0.6 is 0 Å². The molecule has 2 aromatic carbocycles. The third-order valence-corrected chi connectivity index (χ3v) is 3.44. The monoisotopic (exact) mass is 341 g/mol. The molecule has 0 aliphatic heterocycles.